The van der Waals surface area contributed by atoms with Crippen molar-refractivity contribution in [2.24, 2.45) is 11.7 Å². The van der Waals surface area contributed by atoms with Crippen molar-refractivity contribution in [1.82, 2.24) is 15.1 Å². The number of aromatic nitrogens is 3. The number of rotatable bonds is 4. The second-order valence-electron chi connectivity index (χ2n) is 5.37. The molecule has 5 heteroatoms. The third kappa shape index (κ3) is 3.17. The minimum atomic E-state index is -0.216. The molecule has 2 heterocycles. The van der Waals surface area contributed by atoms with Crippen molar-refractivity contribution in [2.45, 2.75) is 40.2 Å². The Hall–Kier alpha value is -1.75. The summed E-state index contributed by atoms with van der Waals surface area (Å²) in [6, 6.07) is 1.83. The van der Waals surface area contributed by atoms with Crippen molar-refractivity contribution < 1.29 is 4.52 Å². The van der Waals surface area contributed by atoms with Crippen molar-refractivity contribution in [1.29, 1.82) is 0 Å². The van der Waals surface area contributed by atoms with Crippen LogP contribution in [0.1, 0.15) is 43.3 Å². The van der Waals surface area contributed by atoms with Crippen LogP contribution in [0, 0.1) is 19.8 Å². The molecule has 102 valence electrons. The van der Waals surface area contributed by atoms with E-state index in [0.717, 1.165) is 23.2 Å². The molecule has 19 heavy (non-hydrogen) atoms. The standard InChI is InChI=1S/C14H20N4O/c1-8(2)5-11(15)14-17-13(18-19-14)12-10(4)6-9(3)7-16-12/h6-8,11H,5,15H2,1-4H3. The van der Waals surface area contributed by atoms with Crippen LogP contribution < -0.4 is 5.73 Å². The molecule has 0 saturated heterocycles. The van der Waals surface area contributed by atoms with Gasteiger partial charge in [-0.05, 0) is 37.3 Å². The van der Waals surface area contributed by atoms with Crippen molar-refractivity contribution in [3.8, 4) is 11.5 Å². The van der Waals surface area contributed by atoms with Crippen LogP contribution in [0.3, 0.4) is 0 Å². The van der Waals surface area contributed by atoms with Gasteiger partial charge in [-0.15, -0.1) is 0 Å². The van der Waals surface area contributed by atoms with Crippen LogP contribution >= 0.6 is 0 Å². The summed E-state index contributed by atoms with van der Waals surface area (Å²) in [7, 11) is 0. The maximum absolute atomic E-state index is 6.03. The molecule has 0 saturated carbocycles. The van der Waals surface area contributed by atoms with E-state index in [4.69, 9.17) is 10.3 Å². The van der Waals surface area contributed by atoms with Gasteiger partial charge in [0.1, 0.15) is 5.69 Å². The van der Waals surface area contributed by atoms with E-state index in [1.165, 1.54) is 0 Å². The van der Waals surface area contributed by atoms with Crippen LogP contribution in [0.15, 0.2) is 16.8 Å². The first kappa shape index (κ1) is 13.7. The van der Waals surface area contributed by atoms with Crippen molar-refractivity contribution in [3.05, 3.63) is 29.3 Å². The van der Waals surface area contributed by atoms with Gasteiger partial charge in [-0.3, -0.25) is 4.98 Å². The SMILES string of the molecule is Cc1cnc(-c2noc(C(N)CC(C)C)n2)c(C)c1. The predicted octanol–water partition coefficient (Wildman–Crippen LogP) is 2.79. The average Bonchev–Trinajstić information content (AvgIpc) is 2.77. The minimum Gasteiger partial charge on any atom is -0.337 e. The van der Waals surface area contributed by atoms with Gasteiger partial charge in [-0.1, -0.05) is 25.1 Å². The van der Waals surface area contributed by atoms with E-state index in [1.807, 2.05) is 19.9 Å². The van der Waals surface area contributed by atoms with E-state index in [-0.39, 0.29) is 6.04 Å². The van der Waals surface area contributed by atoms with E-state index in [1.54, 1.807) is 6.20 Å². The highest BCUT2D eigenvalue weighted by Crippen LogP contribution is 2.22. The molecule has 0 bridgehead atoms. The molecule has 2 aromatic rings. The van der Waals surface area contributed by atoms with Gasteiger partial charge < -0.3 is 10.3 Å². The molecule has 0 aliphatic carbocycles. The predicted molar refractivity (Wildman–Crippen MR) is 73.4 cm³/mol. The average molecular weight is 260 g/mol. The molecule has 0 radical (unpaired) electrons. The van der Waals surface area contributed by atoms with Crippen LogP contribution in [0.2, 0.25) is 0 Å². The van der Waals surface area contributed by atoms with Crippen LogP contribution in [-0.2, 0) is 0 Å². The maximum Gasteiger partial charge on any atom is 0.243 e. The number of pyridine rings is 1. The largest absolute Gasteiger partial charge is 0.337 e. The molecule has 2 N–H and O–H groups in total. The van der Waals surface area contributed by atoms with Crippen molar-refractivity contribution in [3.63, 3.8) is 0 Å². The van der Waals surface area contributed by atoms with Gasteiger partial charge in [-0.25, -0.2) is 0 Å². The molecule has 5 nitrogen and oxygen atoms in total. The summed E-state index contributed by atoms with van der Waals surface area (Å²) in [5, 5.41) is 3.98. The number of hydrogen-bond donors (Lipinski definition) is 1. The smallest absolute Gasteiger partial charge is 0.243 e. The molecular formula is C14H20N4O. The first-order chi connectivity index (χ1) is 8.97. The Labute approximate surface area is 113 Å². The van der Waals surface area contributed by atoms with E-state index in [2.05, 4.69) is 29.0 Å². The highest BCUT2D eigenvalue weighted by molar-refractivity contribution is 5.54. The lowest BCUT2D eigenvalue weighted by Crippen LogP contribution is -2.13. The van der Waals surface area contributed by atoms with E-state index in [0.29, 0.717) is 17.6 Å². The summed E-state index contributed by atoms with van der Waals surface area (Å²) < 4.78 is 5.24. The van der Waals surface area contributed by atoms with Crippen LogP contribution in [0.25, 0.3) is 11.5 Å². The second kappa shape index (κ2) is 5.48. The van der Waals surface area contributed by atoms with E-state index in [9.17, 15) is 0 Å². The van der Waals surface area contributed by atoms with Crippen molar-refractivity contribution >= 4 is 0 Å². The Bertz CT molecular complexity index is 562. The van der Waals surface area contributed by atoms with Gasteiger partial charge in [0.05, 0.1) is 6.04 Å². The number of nitrogens with zero attached hydrogens (tertiary/aromatic N) is 3. The molecule has 0 aromatic carbocycles. The van der Waals surface area contributed by atoms with E-state index >= 15 is 0 Å². The van der Waals surface area contributed by atoms with Crippen LogP contribution in [-0.4, -0.2) is 15.1 Å². The zero-order chi connectivity index (χ0) is 14.0. The quantitative estimate of drug-likeness (QED) is 0.914. The first-order valence-corrected chi connectivity index (χ1v) is 6.50. The molecule has 1 unspecified atom stereocenters. The molecular weight excluding hydrogens is 240 g/mol. The second-order valence-corrected chi connectivity index (χ2v) is 5.37. The Balaban J connectivity index is 2.25. The van der Waals surface area contributed by atoms with Crippen molar-refractivity contribution in [2.75, 3.05) is 0 Å². The van der Waals surface area contributed by atoms with Gasteiger partial charge in [0.2, 0.25) is 11.7 Å². The fraction of sp³-hybridized carbons (Fsp3) is 0.500. The highest BCUT2D eigenvalue weighted by atomic mass is 16.5. The molecule has 0 fully saturated rings. The minimum absolute atomic E-state index is 0.216. The lowest BCUT2D eigenvalue weighted by Gasteiger charge is -2.08. The summed E-state index contributed by atoms with van der Waals surface area (Å²) in [5.41, 5.74) is 8.93. The first-order valence-electron chi connectivity index (χ1n) is 6.50. The third-order valence-corrected chi connectivity index (χ3v) is 2.91. The zero-order valence-corrected chi connectivity index (χ0v) is 11.8. The van der Waals surface area contributed by atoms with Gasteiger partial charge >= 0.3 is 0 Å². The molecule has 2 aromatic heterocycles. The molecule has 0 aliphatic rings. The Kier molecular flexibility index (Phi) is 3.95. The third-order valence-electron chi connectivity index (χ3n) is 2.91. The summed E-state index contributed by atoms with van der Waals surface area (Å²) in [6.07, 6.45) is 2.62. The lowest BCUT2D eigenvalue weighted by atomic mass is 10.0. The van der Waals surface area contributed by atoms with E-state index < -0.39 is 0 Å². The van der Waals surface area contributed by atoms with Gasteiger partial charge in [0.25, 0.3) is 0 Å². The van der Waals surface area contributed by atoms with Gasteiger partial charge in [-0.2, -0.15) is 4.98 Å². The number of aryl methyl sites for hydroxylation is 2. The molecule has 1 atom stereocenters. The topological polar surface area (TPSA) is 77.8 Å². The Morgan fingerprint density at radius 3 is 2.68 bits per heavy atom. The highest BCUT2D eigenvalue weighted by Gasteiger charge is 2.18. The summed E-state index contributed by atoms with van der Waals surface area (Å²) in [6.45, 7) is 8.22. The summed E-state index contributed by atoms with van der Waals surface area (Å²) in [4.78, 5) is 8.71. The fourth-order valence-corrected chi connectivity index (χ4v) is 2.04. The van der Waals surface area contributed by atoms with Gasteiger partial charge in [0, 0.05) is 6.20 Å². The van der Waals surface area contributed by atoms with Gasteiger partial charge in [0.15, 0.2) is 0 Å². The monoisotopic (exact) mass is 260 g/mol. The zero-order valence-electron chi connectivity index (χ0n) is 11.8. The molecule has 0 aliphatic heterocycles. The molecule has 2 rings (SSSR count). The number of nitrogens with two attached hydrogens (primary N) is 1. The Morgan fingerprint density at radius 1 is 1.32 bits per heavy atom. The molecule has 0 spiro atoms. The normalized spacial score (nSPS) is 12.9. The fourth-order valence-electron chi connectivity index (χ4n) is 2.04. The Morgan fingerprint density at radius 2 is 2.05 bits per heavy atom. The molecule has 0 amide bonds. The van der Waals surface area contributed by atoms with Crippen LogP contribution in [0.4, 0.5) is 0 Å². The summed E-state index contributed by atoms with van der Waals surface area (Å²) >= 11 is 0. The lowest BCUT2D eigenvalue weighted by molar-refractivity contribution is 0.335. The van der Waals surface area contributed by atoms with Crippen LogP contribution in [0.5, 0.6) is 0 Å². The number of hydrogen-bond acceptors (Lipinski definition) is 5. The maximum atomic E-state index is 6.03. The summed E-state index contributed by atoms with van der Waals surface area (Å²) in [5.74, 6) is 1.47.